The second-order valence-corrected chi connectivity index (χ2v) is 5.92. The standard InChI is InChI=1S/C16H19BrN2/c1-12-2-4-13(5-3-12)6-7-16(18)9-14-8-15(17)11-19-10-14/h2-5,8,10-11,16H,6-7,9,18H2,1H3. The summed E-state index contributed by atoms with van der Waals surface area (Å²) in [6.07, 6.45) is 6.58. The van der Waals surface area contributed by atoms with Gasteiger partial charge in [-0.05, 0) is 59.3 Å². The van der Waals surface area contributed by atoms with Crippen LogP contribution in [0, 0.1) is 6.92 Å². The first-order valence-corrected chi connectivity index (χ1v) is 7.33. The number of pyridine rings is 1. The second kappa shape index (κ2) is 6.83. The summed E-state index contributed by atoms with van der Waals surface area (Å²) in [4.78, 5) is 4.16. The van der Waals surface area contributed by atoms with Crippen LogP contribution < -0.4 is 5.73 Å². The number of aryl methyl sites for hydroxylation is 2. The smallest absolute Gasteiger partial charge is 0.0410 e. The Morgan fingerprint density at radius 3 is 2.58 bits per heavy atom. The molecule has 2 N–H and O–H groups in total. The molecular formula is C16H19BrN2. The largest absolute Gasteiger partial charge is 0.327 e. The molecule has 3 heteroatoms. The third-order valence-corrected chi connectivity index (χ3v) is 3.62. The molecule has 0 aliphatic rings. The molecule has 2 nitrogen and oxygen atoms in total. The molecule has 1 aromatic heterocycles. The molecule has 100 valence electrons. The Bertz CT molecular complexity index is 523. The highest BCUT2D eigenvalue weighted by molar-refractivity contribution is 9.10. The van der Waals surface area contributed by atoms with Crippen LogP contribution in [0.5, 0.6) is 0 Å². The van der Waals surface area contributed by atoms with E-state index in [1.807, 2.05) is 6.20 Å². The Labute approximate surface area is 123 Å². The number of halogens is 1. The maximum absolute atomic E-state index is 6.19. The summed E-state index contributed by atoms with van der Waals surface area (Å²) in [5, 5.41) is 0. The lowest BCUT2D eigenvalue weighted by molar-refractivity contribution is 0.609. The summed E-state index contributed by atoms with van der Waals surface area (Å²) in [7, 11) is 0. The second-order valence-electron chi connectivity index (χ2n) is 5.00. The molecule has 1 aromatic carbocycles. The highest BCUT2D eigenvalue weighted by atomic mass is 79.9. The van der Waals surface area contributed by atoms with Gasteiger partial charge in [0.1, 0.15) is 0 Å². The minimum atomic E-state index is 0.178. The van der Waals surface area contributed by atoms with Gasteiger partial charge >= 0.3 is 0 Å². The zero-order chi connectivity index (χ0) is 13.7. The molecule has 0 spiro atoms. The van der Waals surface area contributed by atoms with Crippen molar-refractivity contribution in [2.24, 2.45) is 5.73 Å². The molecule has 19 heavy (non-hydrogen) atoms. The number of hydrogen-bond donors (Lipinski definition) is 1. The van der Waals surface area contributed by atoms with Crippen LogP contribution >= 0.6 is 15.9 Å². The van der Waals surface area contributed by atoms with Gasteiger partial charge in [-0.2, -0.15) is 0 Å². The lowest BCUT2D eigenvalue weighted by Crippen LogP contribution is -2.23. The van der Waals surface area contributed by atoms with E-state index in [2.05, 4.69) is 58.2 Å². The van der Waals surface area contributed by atoms with Gasteiger partial charge in [-0.25, -0.2) is 0 Å². The first-order chi connectivity index (χ1) is 9.13. The summed E-state index contributed by atoms with van der Waals surface area (Å²) in [6, 6.07) is 10.9. The van der Waals surface area contributed by atoms with Crippen LogP contribution in [-0.2, 0) is 12.8 Å². The zero-order valence-electron chi connectivity index (χ0n) is 11.1. The van der Waals surface area contributed by atoms with E-state index in [1.165, 1.54) is 16.7 Å². The molecule has 0 fully saturated rings. The molecule has 0 saturated heterocycles. The molecule has 1 unspecified atom stereocenters. The monoisotopic (exact) mass is 318 g/mol. The molecule has 0 bridgehead atoms. The van der Waals surface area contributed by atoms with Gasteiger partial charge in [0.15, 0.2) is 0 Å². The number of nitrogens with zero attached hydrogens (tertiary/aromatic N) is 1. The summed E-state index contributed by atoms with van der Waals surface area (Å²) in [5.41, 5.74) is 10.0. The van der Waals surface area contributed by atoms with Gasteiger partial charge in [0.25, 0.3) is 0 Å². The van der Waals surface area contributed by atoms with Crippen LogP contribution in [0.25, 0.3) is 0 Å². The number of hydrogen-bond acceptors (Lipinski definition) is 2. The van der Waals surface area contributed by atoms with Crippen molar-refractivity contribution in [3.05, 3.63) is 63.9 Å². The van der Waals surface area contributed by atoms with E-state index >= 15 is 0 Å². The lowest BCUT2D eigenvalue weighted by Gasteiger charge is -2.11. The lowest BCUT2D eigenvalue weighted by atomic mass is 10.0. The fraction of sp³-hybridized carbons (Fsp3) is 0.312. The predicted molar refractivity (Wildman–Crippen MR) is 83.1 cm³/mol. The highest BCUT2D eigenvalue weighted by Crippen LogP contribution is 2.13. The van der Waals surface area contributed by atoms with E-state index in [0.717, 1.165) is 23.7 Å². The van der Waals surface area contributed by atoms with Gasteiger partial charge in [-0.3, -0.25) is 4.98 Å². The first-order valence-electron chi connectivity index (χ1n) is 6.54. The van der Waals surface area contributed by atoms with Crippen molar-refractivity contribution in [1.82, 2.24) is 4.98 Å². The molecule has 2 aromatic rings. The molecule has 0 aliphatic heterocycles. The van der Waals surface area contributed by atoms with Crippen LogP contribution in [0.3, 0.4) is 0 Å². The summed E-state index contributed by atoms with van der Waals surface area (Å²) < 4.78 is 1.01. The Kier molecular flexibility index (Phi) is 5.11. The fourth-order valence-corrected chi connectivity index (χ4v) is 2.49. The van der Waals surface area contributed by atoms with Gasteiger partial charge in [0, 0.05) is 22.9 Å². The molecule has 0 radical (unpaired) electrons. The van der Waals surface area contributed by atoms with Crippen molar-refractivity contribution in [2.75, 3.05) is 0 Å². The molecule has 1 atom stereocenters. The van der Waals surface area contributed by atoms with Gasteiger partial charge < -0.3 is 5.73 Å². The Morgan fingerprint density at radius 2 is 1.89 bits per heavy atom. The molecule has 0 amide bonds. The van der Waals surface area contributed by atoms with Crippen molar-refractivity contribution in [3.63, 3.8) is 0 Å². The van der Waals surface area contributed by atoms with Crippen LogP contribution in [0.4, 0.5) is 0 Å². The van der Waals surface area contributed by atoms with Gasteiger partial charge in [0.2, 0.25) is 0 Å². The third-order valence-electron chi connectivity index (χ3n) is 3.18. The fourth-order valence-electron chi connectivity index (χ4n) is 2.08. The maximum Gasteiger partial charge on any atom is 0.0410 e. The van der Waals surface area contributed by atoms with Crippen LogP contribution in [0.2, 0.25) is 0 Å². The van der Waals surface area contributed by atoms with E-state index in [1.54, 1.807) is 6.20 Å². The number of benzene rings is 1. The molecule has 1 heterocycles. The van der Waals surface area contributed by atoms with E-state index < -0.39 is 0 Å². The van der Waals surface area contributed by atoms with Crippen molar-refractivity contribution in [2.45, 2.75) is 32.2 Å². The van der Waals surface area contributed by atoms with E-state index in [4.69, 9.17) is 5.73 Å². The van der Waals surface area contributed by atoms with E-state index in [0.29, 0.717) is 0 Å². The summed E-state index contributed by atoms with van der Waals surface area (Å²) >= 11 is 3.43. The zero-order valence-corrected chi connectivity index (χ0v) is 12.7. The molecule has 2 rings (SSSR count). The average Bonchev–Trinajstić information content (AvgIpc) is 2.38. The van der Waals surface area contributed by atoms with Crippen LogP contribution in [0.1, 0.15) is 23.1 Å². The van der Waals surface area contributed by atoms with Crippen molar-refractivity contribution >= 4 is 15.9 Å². The van der Waals surface area contributed by atoms with Gasteiger partial charge in [-0.15, -0.1) is 0 Å². The van der Waals surface area contributed by atoms with E-state index in [-0.39, 0.29) is 6.04 Å². The number of nitrogens with two attached hydrogens (primary N) is 1. The quantitative estimate of drug-likeness (QED) is 0.913. The summed E-state index contributed by atoms with van der Waals surface area (Å²) in [6.45, 7) is 2.11. The predicted octanol–water partition coefficient (Wildman–Crippen LogP) is 3.66. The SMILES string of the molecule is Cc1ccc(CCC(N)Cc2cncc(Br)c2)cc1. The van der Waals surface area contributed by atoms with Gasteiger partial charge in [-0.1, -0.05) is 29.8 Å². The topological polar surface area (TPSA) is 38.9 Å². The highest BCUT2D eigenvalue weighted by Gasteiger charge is 2.05. The third kappa shape index (κ3) is 4.77. The minimum absolute atomic E-state index is 0.178. The number of rotatable bonds is 5. The van der Waals surface area contributed by atoms with Crippen LogP contribution in [-0.4, -0.2) is 11.0 Å². The first kappa shape index (κ1) is 14.2. The minimum Gasteiger partial charge on any atom is -0.327 e. The van der Waals surface area contributed by atoms with Gasteiger partial charge in [0.05, 0.1) is 0 Å². The molecular weight excluding hydrogens is 300 g/mol. The van der Waals surface area contributed by atoms with Crippen molar-refractivity contribution in [1.29, 1.82) is 0 Å². The Hall–Kier alpha value is -1.19. The Balaban J connectivity index is 1.84. The van der Waals surface area contributed by atoms with E-state index in [9.17, 15) is 0 Å². The number of aromatic nitrogens is 1. The van der Waals surface area contributed by atoms with Crippen molar-refractivity contribution < 1.29 is 0 Å². The normalized spacial score (nSPS) is 12.4. The van der Waals surface area contributed by atoms with Crippen molar-refractivity contribution in [3.8, 4) is 0 Å². The Morgan fingerprint density at radius 1 is 1.16 bits per heavy atom. The van der Waals surface area contributed by atoms with Crippen LogP contribution in [0.15, 0.2) is 47.2 Å². The molecule has 0 aliphatic carbocycles. The average molecular weight is 319 g/mol. The maximum atomic E-state index is 6.19. The summed E-state index contributed by atoms with van der Waals surface area (Å²) in [5.74, 6) is 0. The molecule has 0 saturated carbocycles.